The summed E-state index contributed by atoms with van der Waals surface area (Å²) in [6.45, 7) is 2.02. The van der Waals surface area contributed by atoms with Crippen LogP contribution in [0.15, 0.2) is 24.4 Å². The highest BCUT2D eigenvalue weighted by Gasteiger charge is 2.11. The average molecular weight is 252 g/mol. The molecule has 2 rings (SSSR count). The molecule has 0 saturated heterocycles. The van der Waals surface area contributed by atoms with Gasteiger partial charge in [0.25, 0.3) is 0 Å². The predicted molar refractivity (Wildman–Crippen MR) is 63.1 cm³/mol. The van der Waals surface area contributed by atoms with E-state index < -0.39 is 11.6 Å². The molecule has 0 spiro atoms. The second kappa shape index (κ2) is 5.22. The number of hydrogen-bond acceptors (Lipinski definition) is 3. The Morgan fingerprint density at radius 1 is 1.28 bits per heavy atom. The lowest BCUT2D eigenvalue weighted by Gasteiger charge is -2.04. The van der Waals surface area contributed by atoms with Crippen LogP contribution in [0.25, 0.3) is 5.69 Å². The molecule has 1 aromatic heterocycles. The van der Waals surface area contributed by atoms with Crippen LogP contribution in [-0.2, 0) is 0 Å². The van der Waals surface area contributed by atoms with Crippen LogP contribution in [0.4, 0.5) is 8.78 Å². The van der Waals surface area contributed by atoms with Crippen molar-refractivity contribution in [2.45, 2.75) is 25.8 Å². The van der Waals surface area contributed by atoms with Gasteiger partial charge < -0.3 is 5.73 Å². The minimum Gasteiger partial charge on any atom is -0.323 e. The first-order valence-electron chi connectivity index (χ1n) is 5.74. The van der Waals surface area contributed by atoms with Crippen molar-refractivity contribution in [3.05, 3.63) is 41.7 Å². The molecule has 1 atom stereocenters. The highest BCUT2D eigenvalue weighted by Crippen LogP contribution is 2.16. The molecule has 0 bridgehead atoms. The monoisotopic (exact) mass is 252 g/mol. The number of benzene rings is 1. The Balaban J connectivity index is 2.29. The van der Waals surface area contributed by atoms with Gasteiger partial charge in [0, 0.05) is 6.07 Å². The number of hydrogen-bond donors (Lipinski definition) is 1. The quantitative estimate of drug-likeness (QED) is 0.908. The Morgan fingerprint density at radius 2 is 1.94 bits per heavy atom. The van der Waals surface area contributed by atoms with Crippen LogP contribution in [0, 0.1) is 11.6 Å². The van der Waals surface area contributed by atoms with Crippen LogP contribution in [0.1, 0.15) is 31.5 Å². The molecule has 18 heavy (non-hydrogen) atoms. The third-order valence-electron chi connectivity index (χ3n) is 2.60. The summed E-state index contributed by atoms with van der Waals surface area (Å²) >= 11 is 0. The third kappa shape index (κ3) is 2.70. The topological polar surface area (TPSA) is 56.7 Å². The van der Waals surface area contributed by atoms with E-state index in [4.69, 9.17) is 5.73 Å². The minimum atomic E-state index is -0.653. The molecule has 4 nitrogen and oxygen atoms in total. The van der Waals surface area contributed by atoms with E-state index in [1.54, 1.807) is 6.20 Å². The summed E-state index contributed by atoms with van der Waals surface area (Å²) in [6.07, 6.45) is 3.31. The van der Waals surface area contributed by atoms with Crippen LogP contribution in [0.3, 0.4) is 0 Å². The maximum Gasteiger partial charge on any atom is 0.128 e. The van der Waals surface area contributed by atoms with E-state index in [0.717, 1.165) is 18.9 Å². The second-order valence-corrected chi connectivity index (χ2v) is 4.11. The molecule has 0 fully saturated rings. The van der Waals surface area contributed by atoms with E-state index in [0.29, 0.717) is 5.69 Å². The molecule has 1 heterocycles. The molecule has 0 aliphatic carbocycles. The van der Waals surface area contributed by atoms with Crippen molar-refractivity contribution in [2.75, 3.05) is 0 Å². The summed E-state index contributed by atoms with van der Waals surface area (Å²) in [6, 6.07) is 2.98. The summed E-state index contributed by atoms with van der Waals surface area (Å²) in [5.41, 5.74) is 6.79. The molecule has 1 aromatic carbocycles. The summed E-state index contributed by atoms with van der Waals surface area (Å²) in [5, 5.41) is 7.74. The average Bonchev–Trinajstić information content (AvgIpc) is 2.77. The lowest BCUT2D eigenvalue weighted by molar-refractivity contribution is 0.579. The van der Waals surface area contributed by atoms with Gasteiger partial charge >= 0.3 is 0 Å². The van der Waals surface area contributed by atoms with Crippen molar-refractivity contribution in [1.82, 2.24) is 15.0 Å². The molecule has 6 heteroatoms. The summed E-state index contributed by atoms with van der Waals surface area (Å²) < 4.78 is 27.5. The van der Waals surface area contributed by atoms with Crippen molar-refractivity contribution in [1.29, 1.82) is 0 Å². The number of nitrogens with zero attached hydrogens (tertiary/aromatic N) is 3. The molecule has 0 saturated carbocycles. The first-order chi connectivity index (χ1) is 8.60. The molecule has 2 aromatic rings. The zero-order chi connectivity index (χ0) is 13.1. The maximum atomic E-state index is 13.1. The van der Waals surface area contributed by atoms with Crippen LogP contribution < -0.4 is 5.73 Å². The van der Waals surface area contributed by atoms with E-state index >= 15 is 0 Å². The van der Waals surface area contributed by atoms with E-state index in [1.165, 1.54) is 16.8 Å². The SMILES string of the molecule is CCCC(N)c1cn(-c2cc(F)cc(F)c2)nn1. The molecule has 2 N–H and O–H groups in total. The molecule has 1 unspecified atom stereocenters. The van der Waals surface area contributed by atoms with E-state index in [-0.39, 0.29) is 11.7 Å². The van der Waals surface area contributed by atoms with Gasteiger partial charge in [-0.1, -0.05) is 18.6 Å². The molecule has 0 aliphatic heterocycles. The number of rotatable bonds is 4. The lowest BCUT2D eigenvalue weighted by atomic mass is 10.1. The van der Waals surface area contributed by atoms with Gasteiger partial charge in [0.2, 0.25) is 0 Å². The highest BCUT2D eigenvalue weighted by molar-refractivity contribution is 5.32. The molecule has 0 amide bonds. The van der Waals surface area contributed by atoms with Crippen LogP contribution in [0.2, 0.25) is 0 Å². The Hall–Kier alpha value is -1.82. The van der Waals surface area contributed by atoms with E-state index in [1.807, 2.05) is 6.92 Å². The summed E-state index contributed by atoms with van der Waals surface area (Å²) in [7, 11) is 0. The largest absolute Gasteiger partial charge is 0.323 e. The Bertz CT molecular complexity index is 518. The fourth-order valence-electron chi connectivity index (χ4n) is 1.70. The Kier molecular flexibility index (Phi) is 3.66. The number of nitrogens with two attached hydrogens (primary N) is 1. The molecule has 0 radical (unpaired) electrons. The van der Waals surface area contributed by atoms with Crippen molar-refractivity contribution < 1.29 is 8.78 Å². The lowest BCUT2D eigenvalue weighted by Crippen LogP contribution is -2.10. The zero-order valence-corrected chi connectivity index (χ0v) is 9.98. The van der Waals surface area contributed by atoms with Crippen molar-refractivity contribution in [3.63, 3.8) is 0 Å². The van der Waals surface area contributed by atoms with Crippen LogP contribution >= 0.6 is 0 Å². The number of aromatic nitrogens is 3. The smallest absolute Gasteiger partial charge is 0.128 e. The van der Waals surface area contributed by atoms with E-state index in [9.17, 15) is 8.78 Å². The molecular formula is C12H14F2N4. The van der Waals surface area contributed by atoms with Crippen molar-refractivity contribution in [3.8, 4) is 5.69 Å². The van der Waals surface area contributed by atoms with Crippen LogP contribution in [0.5, 0.6) is 0 Å². The first kappa shape index (κ1) is 12.6. The molecule has 96 valence electrons. The summed E-state index contributed by atoms with van der Waals surface area (Å²) in [4.78, 5) is 0. The number of halogens is 2. The maximum absolute atomic E-state index is 13.1. The van der Waals surface area contributed by atoms with Crippen molar-refractivity contribution >= 4 is 0 Å². The molecular weight excluding hydrogens is 238 g/mol. The van der Waals surface area contributed by atoms with Crippen molar-refractivity contribution in [2.24, 2.45) is 5.73 Å². The second-order valence-electron chi connectivity index (χ2n) is 4.11. The van der Waals surface area contributed by atoms with Gasteiger partial charge in [-0.25, -0.2) is 13.5 Å². The van der Waals surface area contributed by atoms with Gasteiger partial charge in [0.15, 0.2) is 0 Å². The minimum absolute atomic E-state index is 0.206. The van der Waals surface area contributed by atoms with Gasteiger partial charge in [0.1, 0.15) is 11.6 Å². The normalized spacial score (nSPS) is 12.7. The predicted octanol–water partition coefficient (Wildman–Crippen LogP) is 2.35. The standard InChI is InChI=1S/C12H14F2N4/c1-2-3-11(15)12-7-18(17-16-12)10-5-8(13)4-9(14)6-10/h4-7,11H,2-3,15H2,1H3. The highest BCUT2D eigenvalue weighted by atomic mass is 19.1. The zero-order valence-electron chi connectivity index (χ0n) is 9.98. The van der Waals surface area contributed by atoms with Gasteiger partial charge in [-0.15, -0.1) is 5.10 Å². The Morgan fingerprint density at radius 3 is 2.56 bits per heavy atom. The Labute approximate surface area is 103 Å². The fraction of sp³-hybridized carbons (Fsp3) is 0.333. The fourth-order valence-corrected chi connectivity index (χ4v) is 1.70. The van der Waals surface area contributed by atoms with Gasteiger partial charge in [-0.2, -0.15) is 0 Å². The first-order valence-corrected chi connectivity index (χ1v) is 5.74. The van der Waals surface area contributed by atoms with Gasteiger partial charge in [0.05, 0.1) is 23.6 Å². The van der Waals surface area contributed by atoms with Gasteiger partial charge in [-0.05, 0) is 18.6 Å². The van der Waals surface area contributed by atoms with E-state index in [2.05, 4.69) is 10.3 Å². The summed E-state index contributed by atoms with van der Waals surface area (Å²) in [5.74, 6) is -1.31. The molecule has 0 aliphatic rings. The van der Waals surface area contributed by atoms with Crippen LogP contribution in [-0.4, -0.2) is 15.0 Å². The third-order valence-corrected chi connectivity index (χ3v) is 2.60. The van der Waals surface area contributed by atoms with Gasteiger partial charge in [-0.3, -0.25) is 0 Å².